The predicted octanol–water partition coefficient (Wildman–Crippen LogP) is 0.996. The van der Waals surface area contributed by atoms with Crippen molar-refractivity contribution in [1.29, 1.82) is 0 Å². The zero-order valence-electron chi connectivity index (χ0n) is 12.0. The van der Waals surface area contributed by atoms with Gasteiger partial charge in [-0.15, -0.1) is 0 Å². The van der Waals surface area contributed by atoms with Gasteiger partial charge in [0.15, 0.2) is 0 Å². The minimum atomic E-state index is -0.768. The number of carboxylic acids is 1. The van der Waals surface area contributed by atoms with Crippen LogP contribution >= 0.6 is 0 Å². The van der Waals surface area contributed by atoms with Gasteiger partial charge in [-0.05, 0) is 37.5 Å². The van der Waals surface area contributed by atoms with Crippen LogP contribution in [0.4, 0.5) is 4.79 Å². The molecular weight excluding hydrogens is 260 g/mol. The van der Waals surface area contributed by atoms with E-state index in [1.54, 1.807) is 11.9 Å². The average Bonchev–Trinajstić information content (AvgIpc) is 2.82. The molecular formula is C14H24N2O4. The monoisotopic (exact) mass is 284 g/mol. The van der Waals surface area contributed by atoms with E-state index in [9.17, 15) is 14.7 Å². The molecule has 114 valence electrons. The molecule has 1 saturated heterocycles. The first-order chi connectivity index (χ1) is 9.45. The highest BCUT2D eigenvalue weighted by Gasteiger charge is 2.32. The lowest BCUT2D eigenvalue weighted by Crippen LogP contribution is -2.45. The van der Waals surface area contributed by atoms with E-state index in [-0.39, 0.29) is 18.6 Å². The molecule has 1 unspecified atom stereocenters. The van der Waals surface area contributed by atoms with Crippen LogP contribution < -0.4 is 0 Å². The lowest BCUT2D eigenvalue weighted by atomic mass is 9.82. The number of aliphatic carboxylic acids is 1. The number of carbonyl (C=O) groups excluding carboxylic acids is 1. The van der Waals surface area contributed by atoms with Crippen molar-refractivity contribution >= 4 is 12.0 Å². The first-order valence-corrected chi connectivity index (χ1v) is 7.35. The summed E-state index contributed by atoms with van der Waals surface area (Å²) < 4.78 is 0. The van der Waals surface area contributed by atoms with E-state index in [2.05, 4.69) is 0 Å². The van der Waals surface area contributed by atoms with E-state index in [1.165, 1.54) is 0 Å². The normalized spacial score (nSPS) is 29.1. The maximum Gasteiger partial charge on any atom is 0.319 e. The van der Waals surface area contributed by atoms with Crippen molar-refractivity contribution in [2.45, 2.75) is 38.2 Å². The van der Waals surface area contributed by atoms with Gasteiger partial charge >= 0.3 is 12.0 Å². The third-order valence-electron chi connectivity index (χ3n) is 4.39. The van der Waals surface area contributed by atoms with Crippen LogP contribution in [0.25, 0.3) is 0 Å². The fourth-order valence-electron chi connectivity index (χ4n) is 3.13. The highest BCUT2D eigenvalue weighted by Crippen LogP contribution is 2.28. The highest BCUT2D eigenvalue weighted by atomic mass is 16.4. The number of aliphatic hydroxyl groups is 1. The summed E-state index contributed by atoms with van der Waals surface area (Å²) in [5.41, 5.74) is 0. The third kappa shape index (κ3) is 3.85. The van der Waals surface area contributed by atoms with Crippen molar-refractivity contribution < 1.29 is 19.8 Å². The summed E-state index contributed by atoms with van der Waals surface area (Å²) in [6.45, 7) is 2.09. The summed E-state index contributed by atoms with van der Waals surface area (Å²) in [6.07, 6.45) is 3.13. The molecule has 2 amide bonds. The van der Waals surface area contributed by atoms with E-state index in [0.29, 0.717) is 31.3 Å². The SMILES string of the molecule is CN(CC1CC(O)C1)C(=O)N1CCC(CCC(=O)O)C1. The fourth-order valence-corrected chi connectivity index (χ4v) is 3.13. The zero-order chi connectivity index (χ0) is 14.7. The molecule has 1 aliphatic heterocycles. The number of hydrogen-bond donors (Lipinski definition) is 2. The second kappa shape index (κ2) is 6.43. The largest absolute Gasteiger partial charge is 0.481 e. The Kier molecular flexibility index (Phi) is 4.86. The Balaban J connectivity index is 1.71. The number of aliphatic hydroxyl groups excluding tert-OH is 1. The van der Waals surface area contributed by atoms with Crippen molar-refractivity contribution in [3.8, 4) is 0 Å². The van der Waals surface area contributed by atoms with Gasteiger partial charge in [-0.2, -0.15) is 0 Å². The van der Waals surface area contributed by atoms with Gasteiger partial charge in [-0.3, -0.25) is 4.79 Å². The van der Waals surface area contributed by atoms with E-state index >= 15 is 0 Å². The number of rotatable bonds is 5. The van der Waals surface area contributed by atoms with Crippen LogP contribution in [-0.2, 0) is 4.79 Å². The number of carbonyl (C=O) groups is 2. The molecule has 2 fully saturated rings. The van der Waals surface area contributed by atoms with Gasteiger partial charge in [0.05, 0.1) is 6.10 Å². The molecule has 0 radical (unpaired) electrons. The lowest BCUT2D eigenvalue weighted by molar-refractivity contribution is -0.137. The van der Waals surface area contributed by atoms with Gasteiger partial charge in [0.25, 0.3) is 0 Å². The molecule has 2 rings (SSSR count). The van der Waals surface area contributed by atoms with Crippen molar-refractivity contribution in [2.75, 3.05) is 26.7 Å². The van der Waals surface area contributed by atoms with Crippen LogP contribution in [0.5, 0.6) is 0 Å². The molecule has 6 heteroatoms. The number of urea groups is 1. The molecule has 1 aliphatic carbocycles. The zero-order valence-corrected chi connectivity index (χ0v) is 12.0. The molecule has 0 aromatic heterocycles. The summed E-state index contributed by atoms with van der Waals surface area (Å²) in [5.74, 6) is -0.0335. The summed E-state index contributed by atoms with van der Waals surface area (Å²) in [6, 6.07) is 0.0317. The minimum Gasteiger partial charge on any atom is -0.481 e. The van der Waals surface area contributed by atoms with E-state index in [1.807, 2.05) is 4.90 Å². The molecule has 1 atom stereocenters. The molecule has 2 aliphatic rings. The number of carboxylic acid groups (broad SMARTS) is 1. The Morgan fingerprint density at radius 1 is 1.30 bits per heavy atom. The van der Waals surface area contributed by atoms with Gasteiger partial charge in [-0.1, -0.05) is 0 Å². The van der Waals surface area contributed by atoms with Crippen LogP contribution in [0.1, 0.15) is 32.1 Å². The molecule has 1 saturated carbocycles. The third-order valence-corrected chi connectivity index (χ3v) is 4.39. The van der Waals surface area contributed by atoms with Gasteiger partial charge in [0.2, 0.25) is 0 Å². The van der Waals surface area contributed by atoms with Crippen molar-refractivity contribution in [3.05, 3.63) is 0 Å². The molecule has 1 heterocycles. The fraction of sp³-hybridized carbons (Fsp3) is 0.857. The molecule has 6 nitrogen and oxygen atoms in total. The molecule has 20 heavy (non-hydrogen) atoms. The van der Waals surface area contributed by atoms with Gasteiger partial charge < -0.3 is 20.0 Å². The standard InChI is InChI=1S/C14H24N2O4/c1-15(8-11-6-12(17)7-11)14(20)16-5-4-10(9-16)2-3-13(18)19/h10-12,17H,2-9H2,1H3,(H,18,19). The van der Waals surface area contributed by atoms with Gasteiger partial charge in [0, 0.05) is 33.1 Å². The Hall–Kier alpha value is -1.30. The Morgan fingerprint density at radius 3 is 2.60 bits per heavy atom. The summed E-state index contributed by atoms with van der Waals surface area (Å²) in [7, 11) is 1.80. The summed E-state index contributed by atoms with van der Waals surface area (Å²) >= 11 is 0. The smallest absolute Gasteiger partial charge is 0.319 e. The van der Waals surface area contributed by atoms with E-state index in [4.69, 9.17) is 5.11 Å². The maximum atomic E-state index is 12.3. The predicted molar refractivity (Wildman–Crippen MR) is 73.3 cm³/mol. The Bertz CT molecular complexity index is 368. The number of likely N-dealkylation sites (tertiary alicyclic amines) is 1. The first-order valence-electron chi connectivity index (χ1n) is 7.35. The van der Waals surface area contributed by atoms with Crippen molar-refractivity contribution in [3.63, 3.8) is 0 Å². The second-order valence-corrected chi connectivity index (χ2v) is 6.19. The topological polar surface area (TPSA) is 81.1 Å². The number of nitrogens with zero attached hydrogens (tertiary/aromatic N) is 2. The molecule has 0 aromatic rings. The number of amides is 2. The molecule has 2 N–H and O–H groups in total. The van der Waals surface area contributed by atoms with E-state index < -0.39 is 5.97 Å². The van der Waals surface area contributed by atoms with Crippen LogP contribution in [0.2, 0.25) is 0 Å². The second-order valence-electron chi connectivity index (χ2n) is 6.19. The maximum absolute atomic E-state index is 12.3. The van der Waals surface area contributed by atoms with Crippen LogP contribution in [0, 0.1) is 11.8 Å². The lowest BCUT2D eigenvalue weighted by Gasteiger charge is -2.35. The summed E-state index contributed by atoms with van der Waals surface area (Å²) in [5, 5.41) is 17.9. The van der Waals surface area contributed by atoms with Gasteiger partial charge in [-0.25, -0.2) is 4.79 Å². The Morgan fingerprint density at radius 2 is 2.00 bits per heavy atom. The van der Waals surface area contributed by atoms with Crippen molar-refractivity contribution in [2.24, 2.45) is 11.8 Å². The van der Waals surface area contributed by atoms with E-state index in [0.717, 1.165) is 25.8 Å². The first kappa shape index (κ1) is 15.1. The molecule has 0 spiro atoms. The quantitative estimate of drug-likeness (QED) is 0.789. The van der Waals surface area contributed by atoms with Crippen LogP contribution in [-0.4, -0.2) is 64.8 Å². The summed E-state index contributed by atoms with van der Waals surface area (Å²) in [4.78, 5) is 26.4. The Labute approximate surface area is 119 Å². The number of hydrogen-bond acceptors (Lipinski definition) is 3. The van der Waals surface area contributed by atoms with Gasteiger partial charge in [0.1, 0.15) is 0 Å². The molecule has 0 aromatic carbocycles. The average molecular weight is 284 g/mol. The van der Waals surface area contributed by atoms with Crippen LogP contribution in [0.15, 0.2) is 0 Å². The highest BCUT2D eigenvalue weighted by molar-refractivity contribution is 5.74. The van der Waals surface area contributed by atoms with Crippen molar-refractivity contribution in [1.82, 2.24) is 9.80 Å². The molecule has 0 bridgehead atoms. The minimum absolute atomic E-state index is 0.0317. The van der Waals surface area contributed by atoms with Crippen LogP contribution in [0.3, 0.4) is 0 Å².